The second kappa shape index (κ2) is 10.4. The van der Waals surface area contributed by atoms with Gasteiger partial charge >= 0.3 is 0 Å². The molecule has 0 saturated heterocycles. The Kier molecular flexibility index (Phi) is 8.07. The Morgan fingerprint density at radius 1 is 0.732 bits per heavy atom. The molecule has 5 N–H and O–H groups in total. The SMILES string of the molecule is CC(CC(O)C(O)C(O)C(O)CO)C1CCC2(C)C1CCC1(C)C2C=CC2C3(C)CCC(C)C(C)(C)C3C=CC21C. The van der Waals surface area contributed by atoms with E-state index in [0.717, 1.165) is 12.3 Å². The van der Waals surface area contributed by atoms with Crippen LogP contribution in [0.2, 0.25) is 0 Å². The fourth-order valence-electron chi connectivity index (χ4n) is 11.9. The van der Waals surface area contributed by atoms with Gasteiger partial charge in [-0.1, -0.05) is 79.7 Å². The highest BCUT2D eigenvalue weighted by Gasteiger charge is 2.68. The molecule has 0 aromatic rings. The third-order valence-electron chi connectivity index (χ3n) is 15.0. The first kappa shape index (κ1) is 31.7. The van der Waals surface area contributed by atoms with Gasteiger partial charge in [-0.25, -0.2) is 0 Å². The second-order valence-electron chi connectivity index (χ2n) is 17.0. The van der Waals surface area contributed by atoms with Crippen molar-refractivity contribution >= 4 is 0 Å². The zero-order valence-corrected chi connectivity index (χ0v) is 27.1. The molecule has 0 radical (unpaired) electrons. The normalized spacial score (nSPS) is 50.1. The van der Waals surface area contributed by atoms with Crippen LogP contribution in [0.15, 0.2) is 24.3 Å². The monoisotopic (exact) mass is 572 g/mol. The van der Waals surface area contributed by atoms with E-state index >= 15 is 0 Å². The molecule has 41 heavy (non-hydrogen) atoms. The van der Waals surface area contributed by atoms with Crippen molar-refractivity contribution in [3.8, 4) is 0 Å². The lowest BCUT2D eigenvalue weighted by atomic mass is 9.34. The molecule has 15 atom stereocenters. The van der Waals surface area contributed by atoms with Gasteiger partial charge in [0.2, 0.25) is 0 Å². The maximum atomic E-state index is 10.8. The number of hydrogen-bond donors (Lipinski definition) is 5. The van der Waals surface area contributed by atoms with Crippen molar-refractivity contribution in [3.63, 3.8) is 0 Å². The molecule has 5 aliphatic carbocycles. The van der Waals surface area contributed by atoms with Crippen LogP contribution >= 0.6 is 0 Å². The van der Waals surface area contributed by atoms with E-state index in [4.69, 9.17) is 5.11 Å². The fourth-order valence-corrected chi connectivity index (χ4v) is 11.9. The van der Waals surface area contributed by atoms with Gasteiger partial charge in [0, 0.05) is 0 Å². The molecule has 5 nitrogen and oxygen atoms in total. The molecule has 15 unspecified atom stereocenters. The third-order valence-corrected chi connectivity index (χ3v) is 15.0. The zero-order chi connectivity index (χ0) is 30.3. The van der Waals surface area contributed by atoms with E-state index in [0.29, 0.717) is 41.4 Å². The smallest absolute Gasteiger partial charge is 0.110 e. The van der Waals surface area contributed by atoms with Crippen molar-refractivity contribution in [3.05, 3.63) is 24.3 Å². The van der Waals surface area contributed by atoms with Gasteiger partial charge in [0.25, 0.3) is 0 Å². The largest absolute Gasteiger partial charge is 0.394 e. The Balaban J connectivity index is 1.39. The lowest BCUT2D eigenvalue weighted by Gasteiger charge is -2.69. The topological polar surface area (TPSA) is 101 Å². The average molecular weight is 573 g/mol. The van der Waals surface area contributed by atoms with Gasteiger partial charge in [-0.15, -0.1) is 0 Å². The van der Waals surface area contributed by atoms with Crippen molar-refractivity contribution in [1.82, 2.24) is 0 Å². The summed E-state index contributed by atoms with van der Waals surface area (Å²) in [5.74, 6) is 3.59. The van der Waals surface area contributed by atoms with Crippen LogP contribution in [0.1, 0.15) is 100 Å². The highest BCUT2D eigenvalue weighted by atomic mass is 16.4. The lowest BCUT2D eigenvalue weighted by molar-refractivity contribution is -0.156. The quantitative estimate of drug-likeness (QED) is 0.251. The van der Waals surface area contributed by atoms with Crippen LogP contribution in [-0.2, 0) is 0 Å². The summed E-state index contributed by atoms with van der Waals surface area (Å²) in [4.78, 5) is 0. The molecule has 0 aliphatic heterocycles. The molecular weight excluding hydrogens is 512 g/mol. The number of rotatable bonds is 7. The van der Waals surface area contributed by atoms with Gasteiger partial charge in [0.15, 0.2) is 0 Å². The highest BCUT2D eigenvalue weighted by Crippen LogP contribution is 2.75. The first-order valence-electron chi connectivity index (χ1n) is 16.7. The molecular formula is C36H60O5. The van der Waals surface area contributed by atoms with Gasteiger partial charge in [-0.3, -0.25) is 0 Å². The fraction of sp³-hybridized carbons (Fsp3) is 0.889. The Labute approximate surface area is 249 Å². The maximum Gasteiger partial charge on any atom is 0.110 e. The summed E-state index contributed by atoms with van der Waals surface area (Å²) in [6, 6.07) is 0. The Morgan fingerprint density at radius 2 is 1.34 bits per heavy atom. The molecule has 0 aromatic heterocycles. The van der Waals surface area contributed by atoms with Gasteiger partial charge < -0.3 is 25.5 Å². The van der Waals surface area contributed by atoms with E-state index in [1.165, 1.54) is 32.1 Å². The molecule has 0 spiro atoms. The Bertz CT molecular complexity index is 1040. The van der Waals surface area contributed by atoms with Gasteiger partial charge in [0.05, 0.1) is 12.7 Å². The predicted octanol–water partition coefficient (Wildman–Crippen LogP) is 5.74. The van der Waals surface area contributed by atoms with Crippen LogP contribution in [0.5, 0.6) is 0 Å². The number of aliphatic hydroxyl groups excluding tert-OH is 5. The van der Waals surface area contributed by atoms with Crippen molar-refractivity contribution in [1.29, 1.82) is 0 Å². The summed E-state index contributed by atoms with van der Waals surface area (Å²) in [7, 11) is 0. The number of hydrogen-bond acceptors (Lipinski definition) is 5. The highest BCUT2D eigenvalue weighted by molar-refractivity contribution is 5.33. The van der Waals surface area contributed by atoms with E-state index in [2.05, 4.69) is 79.7 Å². The summed E-state index contributed by atoms with van der Waals surface area (Å²) in [6.45, 7) is 19.3. The molecule has 3 fully saturated rings. The van der Waals surface area contributed by atoms with Crippen molar-refractivity contribution in [2.24, 2.45) is 68.5 Å². The van der Waals surface area contributed by atoms with Crippen molar-refractivity contribution in [2.45, 2.75) is 125 Å². The number of aliphatic hydroxyl groups is 5. The molecule has 0 amide bonds. The summed E-state index contributed by atoms with van der Waals surface area (Å²) in [5, 5.41) is 50.3. The molecule has 0 aromatic carbocycles. The minimum absolute atomic E-state index is 0.121. The summed E-state index contributed by atoms with van der Waals surface area (Å²) in [5.41, 5.74) is 1.08. The summed E-state index contributed by atoms with van der Waals surface area (Å²) < 4.78 is 0. The number of fused-ring (bicyclic) bond motifs is 7. The van der Waals surface area contributed by atoms with Gasteiger partial charge in [-0.2, -0.15) is 0 Å². The van der Waals surface area contributed by atoms with E-state index in [9.17, 15) is 20.4 Å². The van der Waals surface area contributed by atoms with Crippen LogP contribution in [0.4, 0.5) is 0 Å². The van der Waals surface area contributed by atoms with Crippen LogP contribution in [0.25, 0.3) is 0 Å². The summed E-state index contributed by atoms with van der Waals surface area (Å²) in [6.07, 6.45) is 12.7. The van der Waals surface area contributed by atoms with Crippen LogP contribution < -0.4 is 0 Å². The lowest BCUT2D eigenvalue weighted by Crippen LogP contribution is -2.63. The molecule has 5 rings (SSSR count). The minimum atomic E-state index is -1.56. The molecule has 5 aliphatic rings. The Hall–Kier alpha value is -0.720. The van der Waals surface area contributed by atoms with E-state index in [1.54, 1.807) is 0 Å². The standard InChI is InChI=1S/C36H60O5/c1-21(19-25(38)30(40)31(41)26(39)20-37)23-12-16-33(5)24(23)13-17-35(7)28(33)9-10-29-34(6)15-11-22(2)32(3,4)27(34)14-18-36(29,35)8/h9-10,14,18,21-31,37-41H,11-13,15-17,19-20H2,1-8H3. The van der Waals surface area contributed by atoms with E-state index in [-0.39, 0.29) is 27.6 Å². The first-order chi connectivity index (χ1) is 19.0. The summed E-state index contributed by atoms with van der Waals surface area (Å²) >= 11 is 0. The van der Waals surface area contributed by atoms with Gasteiger partial charge in [-0.05, 0) is 113 Å². The minimum Gasteiger partial charge on any atom is -0.394 e. The second-order valence-corrected chi connectivity index (χ2v) is 17.0. The van der Waals surface area contributed by atoms with E-state index in [1.807, 2.05) is 0 Å². The van der Waals surface area contributed by atoms with Gasteiger partial charge in [0.1, 0.15) is 18.3 Å². The predicted molar refractivity (Wildman–Crippen MR) is 164 cm³/mol. The first-order valence-corrected chi connectivity index (χ1v) is 16.7. The zero-order valence-electron chi connectivity index (χ0n) is 27.1. The molecule has 0 bridgehead atoms. The molecule has 234 valence electrons. The van der Waals surface area contributed by atoms with Crippen molar-refractivity contribution < 1.29 is 25.5 Å². The molecule has 5 heteroatoms. The average Bonchev–Trinajstić information content (AvgIpc) is 3.27. The van der Waals surface area contributed by atoms with E-state index < -0.39 is 31.0 Å². The molecule has 0 heterocycles. The van der Waals surface area contributed by atoms with Crippen molar-refractivity contribution in [2.75, 3.05) is 6.61 Å². The number of allylic oxidation sites excluding steroid dienone is 4. The van der Waals surface area contributed by atoms with Crippen LogP contribution in [-0.4, -0.2) is 56.6 Å². The third kappa shape index (κ3) is 4.41. The molecule has 3 saturated carbocycles. The van der Waals surface area contributed by atoms with Crippen LogP contribution in [0, 0.1) is 68.5 Å². The maximum absolute atomic E-state index is 10.8. The van der Waals surface area contributed by atoms with Crippen LogP contribution in [0.3, 0.4) is 0 Å². The Morgan fingerprint density at radius 3 is 2.00 bits per heavy atom.